The molecule has 0 nitrogen and oxygen atoms in total. The lowest BCUT2D eigenvalue weighted by atomic mass is 9.82. The quantitative estimate of drug-likeness (QED) is 0.575. The first kappa shape index (κ1) is 10.1. The highest BCUT2D eigenvalue weighted by Gasteiger charge is 2.42. The van der Waals surface area contributed by atoms with Gasteiger partial charge in [-0.15, -0.1) is 0 Å². The normalized spacial score (nSPS) is 22.8. The van der Waals surface area contributed by atoms with Crippen LogP contribution in [-0.4, -0.2) is 0 Å². The molecule has 1 rings (SSSR count). The van der Waals surface area contributed by atoms with Crippen molar-refractivity contribution in [1.29, 1.82) is 0 Å². The topological polar surface area (TPSA) is 0 Å². The second kappa shape index (κ2) is 3.81. The largest absolute Gasteiger partial charge is 0.0651 e. The van der Waals surface area contributed by atoms with Crippen LogP contribution in [0.5, 0.6) is 0 Å². The van der Waals surface area contributed by atoms with Gasteiger partial charge in [0.05, 0.1) is 0 Å². The van der Waals surface area contributed by atoms with E-state index in [1.165, 1.54) is 32.1 Å². The van der Waals surface area contributed by atoms with Crippen LogP contribution in [-0.2, 0) is 0 Å². The van der Waals surface area contributed by atoms with Crippen molar-refractivity contribution in [3.63, 3.8) is 0 Å². The zero-order valence-corrected chi connectivity index (χ0v) is 9.19. The van der Waals surface area contributed by atoms with Gasteiger partial charge in [0.2, 0.25) is 0 Å². The Morgan fingerprint density at radius 1 is 1.17 bits per heavy atom. The van der Waals surface area contributed by atoms with Gasteiger partial charge < -0.3 is 0 Å². The maximum absolute atomic E-state index is 2.37. The molecule has 1 unspecified atom stereocenters. The highest BCUT2D eigenvalue weighted by Crippen LogP contribution is 2.54. The molecule has 1 atom stereocenters. The molecule has 0 N–H and O–H groups in total. The van der Waals surface area contributed by atoms with Crippen LogP contribution in [0.1, 0.15) is 59.8 Å². The maximum atomic E-state index is 2.37. The monoisotopic (exact) mass is 168 g/mol. The van der Waals surface area contributed by atoms with Crippen LogP contribution < -0.4 is 0 Å². The molecule has 12 heavy (non-hydrogen) atoms. The average molecular weight is 168 g/mol. The second-order valence-electron chi connectivity index (χ2n) is 4.97. The number of rotatable bonds is 5. The Morgan fingerprint density at radius 2 is 1.75 bits per heavy atom. The third kappa shape index (κ3) is 2.24. The van der Waals surface area contributed by atoms with E-state index in [-0.39, 0.29) is 0 Å². The summed E-state index contributed by atoms with van der Waals surface area (Å²) in [5.41, 5.74) is 0.797. The smallest absolute Gasteiger partial charge is 0.0297 e. The first-order valence-corrected chi connectivity index (χ1v) is 5.63. The van der Waals surface area contributed by atoms with Gasteiger partial charge in [-0.25, -0.2) is 0 Å². The molecule has 72 valence electrons. The fourth-order valence-corrected chi connectivity index (χ4v) is 2.29. The fraction of sp³-hybridized carbons (Fsp3) is 1.00. The molecule has 0 radical (unpaired) electrons. The molecule has 0 bridgehead atoms. The molecule has 0 aromatic carbocycles. The van der Waals surface area contributed by atoms with E-state index in [1.54, 1.807) is 0 Å². The molecule has 0 heteroatoms. The van der Waals surface area contributed by atoms with E-state index in [0.29, 0.717) is 0 Å². The van der Waals surface area contributed by atoms with Crippen LogP contribution in [0.15, 0.2) is 0 Å². The third-order valence-corrected chi connectivity index (χ3v) is 3.87. The molecule has 0 amide bonds. The van der Waals surface area contributed by atoms with E-state index in [4.69, 9.17) is 0 Å². The van der Waals surface area contributed by atoms with Gasteiger partial charge >= 0.3 is 0 Å². The van der Waals surface area contributed by atoms with E-state index in [1.807, 2.05) is 0 Å². The van der Waals surface area contributed by atoms with Gasteiger partial charge in [-0.2, -0.15) is 0 Å². The number of hydrogen-bond donors (Lipinski definition) is 0. The van der Waals surface area contributed by atoms with Crippen molar-refractivity contribution < 1.29 is 0 Å². The van der Waals surface area contributed by atoms with Crippen molar-refractivity contribution in [2.75, 3.05) is 0 Å². The zero-order chi connectivity index (χ0) is 9.19. The lowest BCUT2D eigenvalue weighted by Crippen LogP contribution is -2.13. The summed E-state index contributed by atoms with van der Waals surface area (Å²) in [5, 5.41) is 0. The standard InChI is InChI=1S/C12H24/c1-5-11(10(3)4)9-12(6-2)7-8-12/h10-11H,5-9H2,1-4H3. The van der Waals surface area contributed by atoms with Crippen LogP contribution in [0.25, 0.3) is 0 Å². The molecular weight excluding hydrogens is 144 g/mol. The summed E-state index contributed by atoms with van der Waals surface area (Å²) >= 11 is 0. The summed E-state index contributed by atoms with van der Waals surface area (Å²) in [7, 11) is 0. The Labute approximate surface area is 77.7 Å². The molecular formula is C12H24. The first-order valence-electron chi connectivity index (χ1n) is 5.63. The second-order valence-corrected chi connectivity index (χ2v) is 4.97. The van der Waals surface area contributed by atoms with E-state index in [0.717, 1.165) is 17.3 Å². The minimum absolute atomic E-state index is 0.797. The first-order chi connectivity index (χ1) is 5.63. The van der Waals surface area contributed by atoms with Gasteiger partial charge in [0.25, 0.3) is 0 Å². The van der Waals surface area contributed by atoms with Gasteiger partial charge in [-0.3, -0.25) is 0 Å². The molecule has 0 aromatic heterocycles. The predicted molar refractivity (Wildman–Crippen MR) is 55.2 cm³/mol. The number of hydrogen-bond acceptors (Lipinski definition) is 0. The molecule has 1 aliphatic carbocycles. The maximum Gasteiger partial charge on any atom is -0.0297 e. The Balaban J connectivity index is 2.37. The molecule has 1 saturated carbocycles. The lowest BCUT2D eigenvalue weighted by molar-refractivity contribution is 0.269. The molecule has 0 aliphatic heterocycles. The summed E-state index contributed by atoms with van der Waals surface area (Å²) in [6, 6.07) is 0. The van der Waals surface area contributed by atoms with Gasteiger partial charge in [-0.05, 0) is 36.5 Å². The Hall–Kier alpha value is 0. The van der Waals surface area contributed by atoms with Crippen LogP contribution in [0, 0.1) is 17.3 Å². The summed E-state index contributed by atoms with van der Waals surface area (Å²) in [5.74, 6) is 1.87. The van der Waals surface area contributed by atoms with Crippen molar-refractivity contribution >= 4 is 0 Å². The third-order valence-electron chi connectivity index (χ3n) is 3.87. The van der Waals surface area contributed by atoms with Gasteiger partial charge in [-0.1, -0.05) is 40.5 Å². The molecule has 1 fully saturated rings. The summed E-state index contributed by atoms with van der Waals surface area (Å²) in [4.78, 5) is 0. The highest BCUT2D eigenvalue weighted by atomic mass is 14.5. The SMILES string of the molecule is CCC(CC1(CC)CC1)C(C)C. The predicted octanol–water partition coefficient (Wildman–Crippen LogP) is 4.25. The summed E-state index contributed by atoms with van der Waals surface area (Å²) in [6.45, 7) is 9.45. The Morgan fingerprint density at radius 3 is 2.00 bits per heavy atom. The van der Waals surface area contributed by atoms with Crippen LogP contribution >= 0.6 is 0 Å². The fourth-order valence-electron chi connectivity index (χ4n) is 2.29. The van der Waals surface area contributed by atoms with E-state index < -0.39 is 0 Å². The van der Waals surface area contributed by atoms with Crippen LogP contribution in [0.3, 0.4) is 0 Å². The zero-order valence-electron chi connectivity index (χ0n) is 9.19. The highest BCUT2D eigenvalue weighted by molar-refractivity contribution is 4.93. The molecule has 0 saturated heterocycles. The Kier molecular flexibility index (Phi) is 3.20. The van der Waals surface area contributed by atoms with E-state index in [9.17, 15) is 0 Å². The lowest BCUT2D eigenvalue weighted by Gasteiger charge is -2.24. The minimum atomic E-state index is 0.797. The molecule has 0 aromatic rings. The van der Waals surface area contributed by atoms with E-state index >= 15 is 0 Å². The van der Waals surface area contributed by atoms with E-state index in [2.05, 4.69) is 27.7 Å². The minimum Gasteiger partial charge on any atom is -0.0651 e. The average Bonchev–Trinajstić information content (AvgIpc) is 2.80. The summed E-state index contributed by atoms with van der Waals surface area (Å²) in [6.07, 6.45) is 7.30. The van der Waals surface area contributed by atoms with Crippen molar-refractivity contribution in [3.05, 3.63) is 0 Å². The van der Waals surface area contributed by atoms with Crippen LogP contribution in [0.2, 0.25) is 0 Å². The van der Waals surface area contributed by atoms with Crippen LogP contribution in [0.4, 0.5) is 0 Å². The van der Waals surface area contributed by atoms with Crippen molar-refractivity contribution in [3.8, 4) is 0 Å². The molecule has 0 spiro atoms. The van der Waals surface area contributed by atoms with Crippen molar-refractivity contribution in [2.45, 2.75) is 59.8 Å². The molecule has 0 heterocycles. The van der Waals surface area contributed by atoms with Gasteiger partial charge in [0.15, 0.2) is 0 Å². The Bertz CT molecular complexity index is 131. The summed E-state index contributed by atoms with van der Waals surface area (Å²) < 4.78 is 0. The van der Waals surface area contributed by atoms with Crippen molar-refractivity contribution in [1.82, 2.24) is 0 Å². The van der Waals surface area contributed by atoms with Crippen molar-refractivity contribution in [2.24, 2.45) is 17.3 Å². The van der Waals surface area contributed by atoms with Gasteiger partial charge in [0, 0.05) is 0 Å². The molecule has 1 aliphatic rings. The van der Waals surface area contributed by atoms with Gasteiger partial charge in [0.1, 0.15) is 0 Å².